The number of ether oxygens (including phenoxy) is 2. The van der Waals surface area contributed by atoms with Crippen LogP contribution in [0.5, 0.6) is 0 Å². The lowest BCUT2D eigenvalue weighted by molar-refractivity contribution is -0.139. The summed E-state index contributed by atoms with van der Waals surface area (Å²) in [6.07, 6.45) is 0.989. The topological polar surface area (TPSA) is 163 Å². The van der Waals surface area contributed by atoms with Crippen LogP contribution in [-0.2, 0) is 20.9 Å². The Balaban J connectivity index is 2.56. The largest absolute Gasteiger partial charge is 0.480 e. The summed E-state index contributed by atoms with van der Waals surface area (Å²) in [5, 5.41) is 17.9. The van der Waals surface area contributed by atoms with Crippen molar-refractivity contribution in [3.63, 3.8) is 0 Å². The maximum Gasteiger partial charge on any atom is 0.408 e. The Labute approximate surface area is 200 Å². The van der Waals surface area contributed by atoms with Crippen LogP contribution >= 0.6 is 21.6 Å². The van der Waals surface area contributed by atoms with E-state index in [9.17, 15) is 19.5 Å². The number of carbonyl (C=O) groups excluding carboxylic acids is 2. The van der Waals surface area contributed by atoms with Gasteiger partial charge in [0.2, 0.25) is 0 Å². The van der Waals surface area contributed by atoms with E-state index in [1.807, 2.05) is 6.26 Å². The van der Waals surface area contributed by atoms with Gasteiger partial charge < -0.3 is 25.2 Å². The van der Waals surface area contributed by atoms with Crippen molar-refractivity contribution in [1.82, 2.24) is 10.6 Å². The van der Waals surface area contributed by atoms with Crippen molar-refractivity contribution in [1.29, 1.82) is 0 Å². The summed E-state index contributed by atoms with van der Waals surface area (Å²) in [6, 6.07) is 5.63. The second-order valence-electron chi connectivity index (χ2n) is 7.77. The van der Waals surface area contributed by atoms with Crippen molar-refractivity contribution in [3.8, 4) is 0 Å². The van der Waals surface area contributed by atoms with Gasteiger partial charge in [0.05, 0.1) is 0 Å². The molecule has 0 aliphatic carbocycles. The zero-order valence-corrected chi connectivity index (χ0v) is 20.6. The van der Waals surface area contributed by atoms with E-state index in [2.05, 4.69) is 20.7 Å². The minimum Gasteiger partial charge on any atom is -0.480 e. The van der Waals surface area contributed by atoms with E-state index in [-0.39, 0.29) is 24.8 Å². The van der Waals surface area contributed by atoms with Crippen molar-refractivity contribution in [2.45, 2.75) is 57.1 Å². The summed E-state index contributed by atoms with van der Waals surface area (Å²) >= 11 is 0. The average Bonchev–Trinajstić information content (AvgIpc) is 2.72. The maximum atomic E-state index is 12.1. The van der Waals surface area contributed by atoms with Crippen LogP contribution < -0.4 is 10.6 Å². The monoisotopic (exact) mass is 499 g/mol. The van der Waals surface area contributed by atoms with Gasteiger partial charge in [-0.15, -0.1) is 0 Å². The van der Waals surface area contributed by atoms with Crippen LogP contribution in [0.15, 0.2) is 29.4 Å². The van der Waals surface area contributed by atoms with E-state index in [1.165, 1.54) is 21.6 Å². The highest BCUT2D eigenvalue weighted by Crippen LogP contribution is 2.27. The molecule has 13 heteroatoms. The summed E-state index contributed by atoms with van der Waals surface area (Å²) in [7, 11) is 2.96. The van der Waals surface area contributed by atoms with Crippen molar-refractivity contribution in [3.05, 3.63) is 40.3 Å². The molecule has 0 saturated heterocycles. The minimum absolute atomic E-state index is 0.0672. The van der Waals surface area contributed by atoms with E-state index in [4.69, 9.17) is 15.0 Å². The second-order valence-corrected chi connectivity index (χ2v) is 10.5. The summed E-state index contributed by atoms with van der Waals surface area (Å²) in [5.41, 5.74) is 8.81. The highest BCUT2D eigenvalue weighted by molar-refractivity contribution is 8.76. The number of hydrogen-bond donors (Lipinski definition) is 3. The van der Waals surface area contributed by atoms with Gasteiger partial charge in [0, 0.05) is 22.4 Å². The van der Waals surface area contributed by atoms with Crippen LogP contribution in [0.1, 0.15) is 39.2 Å². The number of carboxylic acids is 1. The predicted octanol–water partition coefficient (Wildman–Crippen LogP) is 4.99. The molecule has 0 bridgehead atoms. The standard InChI is InChI=1S/C20H29N5O6S2/c1-20(2,3)31-19(29)23-16(17(26)27)10-9-14(33-32-4)11-22-18(28)30-12-13-7-5-6-8-15(13)24-25-21/h5-8,14,16H,9-12H2,1-4H3,(H,22,28)(H,23,29)(H,26,27)/t14-,16-/m0/s1. The molecule has 0 spiro atoms. The van der Waals surface area contributed by atoms with Gasteiger partial charge in [-0.3, -0.25) is 0 Å². The quantitative estimate of drug-likeness (QED) is 0.157. The number of amides is 2. The third kappa shape index (κ3) is 12.2. The third-order valence-electron chi connectivity index (χ3n) is 3.98. The Bertz CT molecular complexity index is 858. The molecule has 11 nitrogen and oxygen atoms in total. The fraction of sp³-hybridized carbons (Fsp3) is 0.550. The molecule has 1 aromatic rings. The Hall–Kier alpha value is -2.76. The summed E-state index contributed by atoms with van der Waals surface area (Å²) in [6.45, 7) is 5.23. The Kier molecular flexibility index (Phi) is 12.3. The SMILES string of the molecule is CSS[C@@H](CC[C@H](NC(=O)OC(C)(C)C)C(=O)O)CNC(=O)OCc1ccccc1N=[N+]=[N-]. The smallest absolute Gasteiger partial charge is 0.408 e. The zero-order chi connectivity index (χ0) is 24.9. The molecule has 0 aromatic heterocycles. The first kappa shape index (κ1) is 28.3. The van der Waals surface area contributed by atoms with Crippen LogP contribution in [0.25, 0.3) is 10.4 Å². The molecule has 2 amide bonds. The highest BCUT2D eigenvalue weighted by Gasteiger charge is 2.25. The molecule has 0 aliphatic rings. The van der Waals surface area contributed by atoms with Gasteiger partial charge in [-0.05, 0) is 51.0 Å². The van der Waals surface area contributed by atoms with Crippen molar-refractivity contribution >= 4 is 45.4 Å². The Morgan fingerprint density at radius 2 is 1.91 bits per heavy atom. The van der Waals surface area contributed by atoms with E-state index in [0.29, 0.717) is 17.7 Å². The maximum absolute atomic E-state index is 12.1. The lowest BCUT2D eigenvalue weighted by Crippen LogP contribution is -2.44. The molecule has 0 unspecified atom stereocenters. The molecule has 0 heterocycles. The predicted molar refractivity (Wildman–Crippen MR) is 128 cm³/mol. The third-order valence-corrected chi connectivity index (χ3v) is 6.24. The van der Waals surface area contributed by atoms with E-state index >= 15 is 0 Å². The number of benzene rings is 1. The molecular weight excluding hydrogens is 470 g/mol. The number of nitrogens with one attached hydrogen (secondary N) is 2. The first-order valence-corrected chi connectivity index (χ1v) is 12.6. The number of carboxylic acid groups (broad SMARTS) is 1. The van der Waals surface area contributed by atoms with Crippen LogP contribution in [0.3, 0.4) is 0 Å². The van der Waals surface area contributed by atoms with Gasteiger partial charge in [-0.2, -0.15) is 0 Å². The highest BCUT2D eigenvalue weighted by atomic mass is 33.1. The number of rotatable bonds is 12. The molecule has 3 N–H and O–H groups in total. The van der Waals surface area contributed by atoms with Crippen LogP contribution in [0.2, 0.25) is 0 Å². The lowest BCUT2D eigenvalue weighted by atomic mass is 10.1. The average molecular weight is 500 g/mol. The van der Waals surface area contributed by atoms with Gasteiger partial charge in [-0.1, -0.05) is 51.0 Å². The van der Waals surface area contributed by atoms with Crippen molar-refractivity contribution in [2.24, 2.45) is 5.11 Å². The molecule has 0 fully saturated rings. The molecular formula is C20H29N5O6S2. The zero-order valence-electron chi connectivity index (χ0n) is 18.9. The van der Waals surface area contributed by atoms with Crippen molar-refractivity contribution in [2.75, 3.05) is 12.8 Å². The number of carbonyl (C=O) groups is 3. The number of aliphatic carboxylic acids is 1. The van der Waals surface area contributed by atoms with Gasteiger partial charge >= 0.3 is 18.2 Å². The molecule has 0 radical (unpaired) electrons. The number of alkyl carbamates (subject to hydrolysis) is 2. The summed E-state index contributed by atoms with van der Waals surface area (Å²) in [5.74, 6) is -1.17. The van der Waals surface area contributed by atoms with E-state index in [0.717, 1.165) is 0 Å². The van der Waals surface area contributed by atoms with Crippen molar-refractivity contribution < 1.29 is 29.0 Å². The van der Waals surface area contributed by atoms with Crippen LogP contribution in [0.4, 0.5) is 15.3 Å². The van der Waals surface area contributed by atoms with Gasteiger partial charge in [-0.25, -0.2) is 14.4 Å². The molecule has 1 aromatic carbocycles. The molecule has 0 saturated carbocycles. The first-order chi connectivity index (χ1) is 15.6. The molecule has 33 heavy (non-hydrogen) atoms. The molecule has 182 valence electrons. The lowest BCUT2D eigenvalue weighted by Gasteiger charge is -2.23. The number of hydrogen-bond acceptors (Lipinski definition) is 8. The normalized spacial score (nSPS) is 12.6. The molecule has 0 aliphatic heterocycles. The fourth-order valence-corrected chi connectivity index (χ4v) is 4.52. The first-order valence-electron chi connectivity index (χ1n) is 10.0. The summed E-state index contributed by atoms with van der Waals surface area (Å²) in [4.78, 5) is 38.3. The second kappa shape index (κ2) is 14.4. The Morgan fingerprint density at radius 3 is 2.52 bits per heavy atom. The van der Waals surface area contributed by atoms with E-state index in [1.54, 1.807) is 45.0 Å². The van der Waals surface area contributed by atoms with Gasteiger partial charge in [0.15, 0.2) is 0 Å². The van der Waals surface area contributed by atoms with E-state index < -0.39 is 29.8 Å². The number of azide groups is 1. The summed E-state index contributed by atoms with van der Waals surface area (Å²) < 4.78 is 10.3. The van der Waals surface area contributed by atoms with Crippen LogP contribution in [-0.4, -0.2) is 53.0 Å². The minimum atomic E-state index is -1.17. The fourth-order valence-electron chi connectivity index (χ4n) is 2.55. The van der Waals surface area contributed by atoms with Crippen LogP contribution in [0, 0.1) is 0 Å². The van der Waals surface area contributed by atoms with Gasteiger partial charge in [0.1, 0.15) is 18.2 Å². The number of nitrogens with zero attached hydrogens (tertiary/aromatic N) is 3. The molecule has 2 atom stereocenters. The molecule has 1 rings (SSSR count). The Morgan fingerprint density at radius 1 is 1.21 bits per heavy atom. The van der Waals surface area contributed by atoms with Gasteiger partial charge in [0.25, 0.3) is 0 Å².